The van der Waals surface area contributed by atoms with E-state index in [0.717, 1.165) is 21.7 Å². The van der Waals surface area contributed by atoms with Crippen molar-refractivity contribution >= 4 is 46.6 Å². The maximum atomic E-state index is 12.7. The lowest BCUT2D eigenvalue weighted by Gasteiger charge is -2.15. The Hall–Kier alpha value is -2.76. The van der Waals surface area contributed by atoms with E-state index in [-0.39, 0.29) is 23.5 Å². The van der Waals surface area contributed by atoms with Gasteiger partial charge in [-0.25, -0.2) is 0 Å². The first-order valence-corrected chi connectivity index (χ1v) is 11.4. The Balaban J connectivity index is 1.60. The molecule has 3 rings (SSSR count). The van der Waals surface area contributed by atoms with Crippen LogP contribution in [0.5, 0.6) is 0 Å². The third kappa shape index (κ3) is 7.16. The summed E-state index contributed by atoms with van der Waals surface area (Å²) in [6.45, 7) is 4.00. The van der Waals surface area contributed by atoms with Crippen LogP contribution in [0.1, 0.15) is 24.5 Å². The van der Waals surface area contributed by atoms with Crippen LogP contribution in [0.15, 0.2) is 77.7 Å². The van der Waals surface area contributed by atoms with E-state index in [0.29, 0.717) is 17.1 Å². The van der Waals surface area contributed by atoms with E-state index < -0.39 is 0 Å². The molecule has 0 aliphatic rings. The zero-order chi connectivity index (χ0) is 22.2. The maximum absolute atomic E-state index is 12.7. The van der Waals surface area contributed by atoms with E-state index in [1.165, 1.54) is 11.8 Å². The minimum atomic E-state index is -0.235. The van der Waals surface area contributed by atoms with E-state index in [1.54, 1.807) is 12.1 Å². The lowest BCUT2D eigenvalue weighted by molar-refractivity contribution is -0.116. The molecular formula is C25H25ClN2O2S. The zero-order valence-corrected chi connectivity index (χ0v) is 19.1. The fraction of sp³-hybridized carbons (Fsp3) is 0.200. The minimum absolute atomic E-state index is 0.0338. The molecule has 0 spiro atoms. The SMILES string of the molecule is CCC(Sc1cccc(NC(=O)Cc2ccc(Cl)cc2)c1)C(=O)Nc1ccc(C)cc1. The smallest absolute Gasteiger partial charge is 0.237 e. The Kier molecular flexibility index (Phi) is 8.15. The highest BCUT2D eigenvalue weighted by molar-refractivity contribution is 8.00. The molecule has 4 nitrogen and oxygen atoms in total. The molecule has 0 heterocycles. The standard InChI is InChI=1S/C25H25ClN2O2S/c1-3-23(25(30)28-20-13-7-17(2)8-14-20)31-22-6-4-5-21(16-22)27-24(29)15-18-9-11-19(26)12-10-18/h4-14,16,23H,3,15H2,1-2H3,(H,27,29)(H,28,30). The van der Waals surface area contributed by atoms with Crippen LogP contribution in [-0.4, -0.2) is 17.1 Å². The highest BCUT2D eigenvalue weighted by Gasteiger charge is 2.18. The van der Waals surface area contributed by atoms with Gasteiger partial charge in [-0.2, -0.15) is 0 Å². The number of hydrogen-bond acceptors (Lipinski definition) is 3. The van der Waals surface area contributed by atoms with Crippen molar-refractivity contribution < 1.29 is 9.59 Å². The molecule has 0 fully saturated rings. The van der Waals surface area contributed by atoms with Gasteiger partial charge in [0.2, 0.25) is 11.8 Å². The molecule has 2 amide bonds. The summed E-state index contributed by atoms with van der Waals surface area (Å²) in [5.41, 5.74) is 3.54. The van der Waals surface area contributed by atoms with E-state index in [9.17, 15) is 9.59 Å². The topological polar surface area (TPSA) is 58.2 Å². The summed E-state index contributed by atoms with van der Waals surface area (Å²) in [4.78, 5) is 26.0. The molecule has 0 bridgehead atoms. The van der Waals surface area contributed by atoms with E-state index >= 15 is 0 Å². The highest BCUT2D eigenvalue weighted by atomic mass is 35.5. The number of halogens is 1. The van der Waals surface area contributed by atoms with Gasteiger partial charge in [0.1, 0.15) is 0 Å². The second-order valence-corrected chi connectivity index (χ2v) is 8.96. The molecular weight excluding hydrogens is 428 g/mol. The molecule has 0 radical (unpaired) electrons. The minimum Gasteiger partial charge on any atom is -0.326 e. The number of aryl methyl sites for hydroxylation is 1. The molecule has 160 valence electrons. The van der Waals surface area contributed by atoms with Crippen LogP contribution in [0.3, 0.4) is 0 Å². The number of thioether (sulfide) groups is 1. The monoisotopic (exact) mass is 452 g/mol. The maximum Gasteiger partial charge on any atom is 0.237 e. The third-order valence-electron chi connectivity index (χ3n) is 4.66. The molecule has 0 aromatic heterocycles. The quantitative estimate of drug-likeness (QED) is 0.392. The third-order valence-corrected chi connectivity index (χ3v) is 6.27. The number of nitrogens with one attached hydrogen (secondary N) is 2. The molecule has 0 aliphatic carbocycles. The molecule has 3 aromatic rings. The number of amides is 2. The van der Waals surface area contributed by atoms with Crippen LogP contribution in [0.2, 0.25) is 5.02 Å². The Bertz CT molecular complexity index is 1040. The molecule has 6 heteroatoms. The van der Waals surface area contributed by atoms with E-state index in [2.05, 4.69) is 10.6 Å². The second-order valence-electron chi connectivity index (χ2n) is 7.25. The molecule has 3 aromatic carbocycles. The molecule has 31 heavy (non-hydrogen) atoms. The van der Waals surface area contributed by atoms with Crippen LogP contribution < -0.4 is 10.6 Å². The fourth-order valence-electron chi connectivity index (χ4n) is 2.99. The largest absolute Gasteiger partial charge is 0.326 e. The van der Waals surface area contributed by atoms with Gasteiger partial charge in [0.25, 0.3) is 0 Å². The highest BCUT2D eigenvalue weighted by Crippen LogP contribution is 2.28. The average Bonchev–Trinajstić information content (AvgIpc) is 2.75. The lowest BCUT2D eigenvalue weighted by atomic mass is 10.1. The average molecular weight is 453 g/mol. The molecule has 0 saturated heterocycles. The van der Waals surface area contributed by atoms with Gasteiger partial charge in [0.05, 0.1) is 11.7 Å². The Labute approximate surface area is 192 Å². The van der Waals surface area contributed by atoms with E-state index in [4.69, 9.17) is 11.6 Å². The van der Waals surface area contributed by atoms with Gasteiger partial charge in [-0.1, -0.05) is 54.4 Å². The van der Waals surface area contributed by atoms with Crippen LogP contribution in [-0.2, 0) is 16.0 Å². The van der Waals surface area contributed by atoms with Crippen LogP contribution in [0.25, 0.3) is 0 Å². The van der Waals surface area contributed by atoms with Crippen molar-refractivity contribution in [2.45, 2.75) is 36.8 Å². The van der Waals surface area contributed by atoms with Gasteiger partial charge in [0, 0.05) is 21.3 Å². The van der Waals surface area contributed by atoms with Gasteiger partial charge in [-0.05, 0) is 61.4 Å². The molecule has 0 aliphatic heterocycles. The molecule has 0 saturated carbocycles. The van der Waals surface area contributed by atoms with Crippen molar-refractivity contribution in [2.24, 2.45) is 0 Å². The number of carbonyl (C=O) groups excluding carboxylic acids is 2. The predicted octanol–water partition coefficient (Wildman–Crippen LogP) is 6.34. The lowest BCUT2D eigenvalue weighted by Crippen LogP contribution is -2.24. The van der Waals surface area contributed by atoms with Crippen molar-refractivity contribution in [1.29, 1.82) is 0 Å². The predicted molar refractivity (Wildman–Crippen MR) is 130 cm³/mol. The number of hydrogen-bond donors (Lipinski definition) is 2. The molecule has 1 atom stereocenters. The first-order valence-electron chi connectivity index (χ1n) is 10.1. The second kappa shape index (κ2) is 11.0. The zero-order valence-electron chi connectivity index (χ0n) is 17.5. The van der Waals surface area contributed by atoms with Crippen molar-refractivity contribution in [3.63, 3.8) is 0 Å². The van der Waals surface area contributed by atoms with Crippen molar-refractivity contribution in [2.75, 3.05) is 10.6 Å². The summed E-state index contributed by atoms with van der Waals surface area (Å²) in [5, 5.41) is 6.31. The summed E-state index contributed by atoms with van der Waals surface area (Å²) in [5.74, 6) is -0.137. The summed E-state index contributed by atoms with van der Waals surface area (Å²) in [6.07, 6.45) is 0.959. The molecule has 2 N–H and O–H groups in total. The van der Waals surface area contributed by atoms with Gasteiger partial charge in [-0.15, -0.1) is 11.8 Å². The van der Waals surface area contributed by atoms with Gasteiger partial charge >= 0.3 is 0 Å². The number of anilines is 2. The van der Waals surface area contributed by atoms with Crippen molar-refractivity contribution in [3.05, 3.63) is 88.9 Å². The summed E-state index contributed by atoms with van der Waals surface area (Å²) < 4.78 is 0. The first-order chi connectivity index (χ1) is 14.9. The Morgan fingerprint density at radius 3 is 2.32 bits per heavy atom. The van der Waals surface area contributed by atoms with Crippen LogP contribution in [0, 0.1) is 6.92 Å². The van der Waals surface area contributed by atoms with Gasteiger partial charge < -0.3 is 10.6 Å². The summed E-state index contributed by atoms with van der Waals surface area (Å²) >= 11 is 7.38. The van der Waals surface area contributed by atoms with Crippen LogP contribution in [0.4, 0.5) is 11.4 Å². The van der Waals surface area contributed by atoms with Crippen LogP contribution >= 0.6 is 23.4 Å². The van der Waals surface area contributed by atoms with Gasteiger partial charge in [-0.3, -0.25) is 9.59 Å². The molecule has 1 unspecified atom stereocenters. The first kappa shape index (κ1) is 22.9. The van der Waals surface area contributed by atoms with E-state index in [1.807, 2.05) is 74.5 Å². The van der Waals surface area contributed by atoms with Gasteiger partial charge in [0.15, 0.2) is 0 Å². The normalized spacial score (nSPS) is 11.6. The number of benzene rings is 3. The number of carbonyl (C=O) groups is 2. The summed E-state index contributed by atoms with van der Waals surface area (Å²) in [6, 6.07) is 22.5. The van der Waals surface area contributed by atoms with Crippen molar-refractivity contribution in [3.8, 4) is 0 Å². The fourth-order valence-corrected chi connectivity index (χ4v) is 4.13. The summed E-state index contributed by atoms with van der Waals surface area (Å²) in [7, 11) is 0. The van der Waals surface area contributed by atoms with Crippen molar-refractivity contribution in [1.82, 2.24) is 0 Å². The Morgan fingerprint density at radius 1 is 0.935 bits per heavy atom. The number of rotatable bonds is 8. The Morgan fingerprint density at radius 2 is 1.65 bits per heavy atom.